The number of nitrogens with zero attached hydrogens (tertiary/aromatic N) is 2. The van der Waals surface area contributed by atoms with E-state index in [1.165, 1.54) is 39.9 Å². The normalized spacial score (nSPS) is 11.3. The first kappa shape index (κ1) is 28.8. The summed E-state index contributed by atoms with van der Waals surface area (Å²) in [4.78, 5) is 53.0. The van der Waals surface area contributed by atoms with Crippen LogP contribution in [-0.4, -0.2) is 42.5 Å². The van der Waals surface area contributed by atoms with Crippen molar-refractivity contribution in [3.8, 4) is 5.75 Å². The maximum Gasteiger partial charge on any atom is 0.255 e. The molecule has 210 valence electrons. The molecule has 2 N–H and O–H groups in total. The highest BCUT2D eigenvalue weighted by atomic mass is 19.1. The van der Waals surface area contributed by atoms with E-state index < -0.39 is 29.2 Å². The van der Waals surface area contributed by atoms with Crippen molar-refractivity contribution in [2.24, 2.45) is 0 Å². The first-order valence-corrected chi connectivity index (χ1v) is 12.8. The van der Waals surface area contributed by atoms with Gasteiger partial charge < -0.3 is 24.8 Å². The van der Waals surface area contributed by atoms with Crippen LogP contribution in [0.4, 0.5) is 15.8 Å². The van der Waals surface area contributed by atoms with Crippen molar-refractivity contribution in [3.05, 3.63) is 124 Å². The van der Waals surface area contributed by atoms with Crippen molar-refractivity contribution in [1.29, 1.82) is 0 Å². The van der Waals surface area contributed by atoms with Crippen LogP contribution in [-0.2, 0) is 22.6 Å². The number of ether oxygens (including phenoxy) is 1. The highest BCUT2D eigenvalue weighted by Gasteiger charge is 2.25. The second kappa shape index (κ2) is 13.2. The Morgan fingerprint density at radius 1 is 0.951 bits per heavy atom. The number of likely N-dealkylation sites (N-methyl/N-ethyl adjacent to an activating group) is 1. The summed E-state index contributed by atoms with van der Waals surface area (Å²) in [5.41, 5.74) is 1.39. The summed E-state index contributed by atoms with van der Waals surface area (Å²) in [6.07, 6.45) is 1.62. The summed E-state index contributed by atoms with van der Waals surface area (Å²) in [7, 11) is 3.18. The van der Waals surface area contributed by atoms with Crippen molar-refractivity contribution >= 4 is 29.1 Å². The molecule has 0 saturated carbocycles. The molecular formula is C31H29FN4O5. The summed E-state index contributed by atoms with van der Waals surface area (Å²) in [5, 5.41) is 5.35. The Labute approximate surface area is 236 Å². The number of carbonyl (C=O) groups excluding carboxylic acids is 3. The van der Waals surface area contributed by atoms with Gasteiger partial charge in [-0.2, -0.15) is 0 Å². The van der Waals surface area contributed by atoms with Gasteiger partial charge in [0.25, 0.3) is 11.5 Å². The number of hydrogen-bond acceptors (Lipinski definition) is 5. The fraction of sp³-hybridized carbons (Fsp3) is 0.161. The standard InChI is InChI=1S/C31H29FN4O5/c1-35(25-12-14-26(41-2)15-13-25)31(40)27(18-21-6-4-3-5-7-21)34-28(37)20-36-17-16-24(19-29(36)38)33-30(39)22-8-10-23(32)11-9-22/h3-17,19,27H,18,20H2,1-2H3,(H,33,39)(H,34,37)/t27-/m0/s1. The highest BCUT2D eigenvalue weighted by Crippen LogP contribution is 2.19. The van der Waals surface area contributed by atoms with E-state index in [0.29, 0.717) is 11.4 Å². The van der Waals surface area contributed by atoms with Gasteiger partial charge in [-0.3, -0.25) is 19.2 Å². The molecule has 1 atom stereocenters. The van der Waals surface area contributed by atoms with Crippen molar-refractivity contribution in [3.63, 3.8) is 0 Å². The molecule has 0 aliphatic rings. The molecule has 0 radical (unpaired) electrons. The topological polar surface area (TPSA) is 110 Å². The van der Waals surface area contributed by atoms with Gasteiger partial charge in [0, 0.05) is 42.7 Å². The van der Waals surface area contributed by atoms with E-state index in [1.54, 1.807) is 38.4 Å². The zero-order valence-electron chi connectivity index (χ0n) is 22.5. The quantitative estimate of drug-likeness (QED) is 0.310. The van der Waals surface area contributed by atoms with Crippen LogP contribution in [0.15, 0.2) is 102 Å². The molecule has 1 aromatic heterocycles. The third-order valence-electron chi connectivity index (χ3n) is 6.38. The molecule has 4 rings (SSSR count). The lowest BCUT2D eigenvalue weighted by Gasteiger charge is -2.25. The number of methoxy groups -OCH3 is 1. The maximum absolute atomic E-state index is 13.5. The molecule has 0 spiro atoms. The van der Waals surface area contributed by atoms with Gasteiger partial charge in [0.2, 0.25) is 11.8 Å². The summed E-state index contributed by atoms with van der Waals surface area (Å²) in [6, 6.07) is 23.0. The minimum atomic E-state index is -0.901. The van der Waals surface area contributed by atoms with E-state index in [1.807, 2.05) is 30.3 Å². The molecule has 9 nitrogen and oxygen atoms in total. The van der Waals surface area contributed by atoms with E-state index in [-0.39, 0.29) is 30.1 Å². The molecule has 0 unspecified atom stereocenters. The summed E-state index contributed by atoms with van der Waals surface area (Å²) in [5.74, 6) is -1.20. The van der Waals surface area contributed by atoms with Crippen molar-refractivity contribution in [1.82, 2.24) is 9.88 Å². The van der Waals surface area contributed by atoms with Gasteiger partial charge in [0.05, 0.1) is 7.11 Å². The minimum Gasteiger partial charge on any atom is -0.497 e. The average Bonchev–Trinajstić information content (AvgIpc) is 2.98. The SMILES string of the molecule is COc1ccc(N(C)C(=O)[C@H](Cc2ccccc2)NC(=O)Cn2ccc(NC(=O)c3ccc(F)cc3)cc2=O)cc1. The van der Waals surface area contributed by atoms with Crippen molar-refractivity contribution < 1.29 is 23.5 Å². The second-order valence-electron chi connectivity index (χ2n) is 9.25. The number of halogens is 1. The zero-order chi connectivity index (χ0) is 29.4. The lowest BCUT2D eigenvalue weighted by Crippen LogP contribution is -2.50. The molecule has 3 amide bonds. The van der Waals surface area contributed by atoms with Crippen LogP contribution in [0.3, 0.4) is 0 Å². The van der Waals surface area contributed by atoms with E-state index >= 15 is 0 Å². The molecule has 41 heavy (non-hydrogen) atoms. The fourth-order valence-electron chi connectivity index (χ4n) is 4.13. The van der Waals surface area contributed by atoms with Crippen LogP contribution in [0.5, 0.6) is 5.75 Å². The van der Waals surface area contributed by atoms with Crippen LogP contribution in [0.1, 0.15) is 15.9 Å². The Balaban J connectivity index is 1.45. The third-order valence-corrected chi connectivity index (χ3v) is 6.38. The Kier molecular flexibility index (Phi) is 9.26. The minimum absolute atomic E-state index is 0.222. The van der Waals surface area contributed by atoms with Crippen LogP contribution < -0.4 is 25.8 Å². The van der Waals surface area contributed by atoms with E-state index in [4.69, 9.17) is 4.74 Å². The highest BCUT2D eigenvalue weighted by molar-refractivity contribution is 6.04. The molecule has 0 aliphatic heterocycles. The van der Waals surface area contributed by atoms with Gasteiger partial charge in [0.15, 0.2) is 0 Å². The molecule has 3 aromatic carbocycles. The number of amides is 3. The van der Waals surface area contributed by atoms with Gasteiger partial charge >= 0.3 is 0 Å². The van der Waals surface area contributed by atoms with Gasteiger partial charge in [0.1, 0.15) is 24.2 Å². The lowest BCUT2D eigenvalue weighted by molar-refractivity contribution is -0.127. The number of hydrogen-bond donors (Lipinski definition) is 2. The zero-order valence-corrected chi connectivity index (χ0v) is 22.5. The summed E-state index contributed by atoms with van der Waals surface area (Å²) in [6.45, 7) is -0.337. The Morgan fingerprint density at radius 3 is 2.27 bits per heavy atom. The number of anilines is 2. The molecule has 0 aliphatic carbocycles. The fourth-order valence-corrected chi connectivity index (χ4v) is 4.13. The number of pyridine rings is 1. The Bertz CT molecular complexity index is 1570. The molecule has 0 bridgehead atoms. The number of rotatable bonds is 10. The predicted molar refractivity (Wildman–Crippen MR) is 154 cm³/mol. The monoisotopic (exact) mass is 556 g/mol. The summed E-state index contributed by atoms with van der Waals surface area (Å²) < 4.78 is 19.5. The number of aromatic nitrogens is 1. The molecule has 0 fully saturated rings. The summed E-state index contributed by atoms with van der Waals surface area (Å²) >= 11 is 0. The molecule has 10 heteroatoms. The first-order valence-electron chi connectivity index (χ1n) is 12.8. The second-order valence-corrected chi connectivity index (χ2v) is 9.25. The van der Waals surface area contributed by atoms with Crippen LogP contribution >= 0.6 is 0 Å². The number of carbonyl (C=O) groups is 3. The van der Waals surface area contributed by atoms with Crippen LogP contribution in [0.25, 0.3) is 0 Å². The van der Waals surface area contributed by atoms with Gasteiger partial charge in [-0.05, 0) is 60.2 Å². The molecule has 1 heterocycles. The largest absolute Gasteiger partial charge is 0.497 e. The number of benzene rings is 3. The first-order chi connectivity index (χ1) is 19.7. The Morgan fingerprint density at radius 2 is 1.63 bits per heavy atom. The third kappa shape index (κ3) is 7.66. The van der Waals surface area contributed by atoms with E-state index in [0.717, 1.165) is 17.7 Å². The van der Waals surface area contributed by atoms with Gasteiger partial charge in [-0.25, -0.2) is 4.39 Å². The van der Waals surface area contributed by atoms with E-state index in [9.17, 15) is 23.6 Å². The van der Waals surface area contributed by atoms with Crippen LogP contribution in [0, 0.1) is 5.82 Å². The smallest absolute Gasteiger partial charge is 0.255 e. The van der Waals surface area contributed by atoms with Crippen molar-refractivity contribution in [2.75, 3.05) is 24.4 Å². The molecule has 4 aromatic rings. The molecule has 0 saturated heterocycles. The molecular weight excluding hydrogens is 527 g/mol. The maximum atomic E-state index is 13.5. The average molecular weight is 557 g/mol. The number of nitrogens with one attached hydrogen (secondary N) is 2. The van der Waals surface area contributed by atoms with E-state index in [2.05, 4.69) is 10.6 Å². The Hall–Kier alpha value is -5.25. The van der Waals surface area contributed by atoms with Gasteiger partial charge in [-0.15, -0.1) is 0 Å². The van der Waals surface area contributed by atoms with Crippen LogP contribution in [0.2, 0.25) is 0 Å². The van der Waals surface area contributed by atoms with Gasteiger partial charge in [-0.1, -0.05) is 30.3 Å². The predicted octanol–water partition coefficient (Wildman–Crippen LogP) is 3.64. The van der Waals surface area contributed by atoms with Crippen molar-refractivity contribution in [2.45, 2.75) is 19.0 Å². The lowest BCUT2D eigenvalue weighted by atomic mass is 10.0.